The number of likely N-dealkylation sites (tertiary alicyclic amines) is 1. The molecule has 0 aliphatic carbocycles. The molecule has 26 heavy (non-hydrogen) atoms. The van der Waals surface area contributed by atoms with Crippen molar-refractivity contribution in [1.82, 2.24) is 20.0 Å². The van der Waals surface area contributed by atoms with Crippen LogP contribution in [-0.2, 0) is 17.8 Å². The summed E-state index contributed by atoms with van der Waals surface area (Å²) in [5, 5.41) is 13.0. The highest BCUT2D eigenvalue weighted by molar-refractivity contribution is 5.71. The maximum absolute atomic E-state index is 10.8. The number of carbonyl (C=O) groups is 1. The van der Waals surface area contributed by atoms with Crippen molar-refractivity contribution in [3.8, 4) is 11.4 Å². The number of nitrogens with zero attached hydrogens (tertiary/aromatic N) is 4. The zero-order valence-electron chi connectivity index (χ0n) is 14.1. The Labute approximate surface area is 150 Å². The molecule has 7 heteroatoms. The molecule has 4 rings (SSSR count). The summed E-state index contributed by atoms with van der Waals surface area (Å²) >= 11 is 0. The van der Waals surface area contributed by atoms with Crippen LogP contribution in [-0.4, -0.2) is 44.2 Å². The van der Waals surface area contributed by atoms with E-state index in [-0.39, 0.29) is 5.92 Å². The van der Waals surface area contributed by atoms with Crippen molar-refractivity contribution in [2.45, 2.75) is 13.0 Å². The first-order valence-electron chi connectivity index (χ1n) is 8.44. The van der Waals surface area contributed by atoms with Crippen LogP contribution < -0.4 is 0 Å². The van der Waals surface area contributed by atoms with Gasteiger partial charge < -0.3 is 9.63 Å². The first-order chi connectivity index (χ1) is 12.7. The lowest BCUT2D eigenvalue weighted by Gasteiger charge is -2.36. The van der Waals surface area contributed by atoms with Gasteiger partial charge in [0.15, 0.2) is 0 Å². The van der Waals surface area contributed by atoms with E-state index in [4.69, 9.17) is 9.63 Å². The molecule has 1 saturated heterocycles. The van der Waals surface area contributed by atoms with Crippen LogP contribution in [0, 0.1) is 5.92 Å². The molecule has 3 heterocycles. The second-order valence-corrected chi connectivity index (χ2v) is 6.44. The zero-order valence-corrected chi connectivity index (χ0v) is 14.1. The monoisotopic (exact) mass is 350 g/mol. The molecule has 0 bridgehead atoms. The van der Waals surface area contributed by atoms with Crippen molar-refractivity contribution in [1.29, 1.82) is 0 Å². The minimum absolute atomic E-state index is 0.230. The summed E-state index contributed by atoms with van der Waals surface area (Å²) in [6, 6.07) is 13.7. The third-order valence-corrected chi connectivity index (χ3v) is 4.45. The van der Waals surface area contributed by atoms with Crippen LogP contribution in [0.2, 0.25) is 0 Å². The standard InChI is InChI=1S/C19H18N4O3/c24-19(25)15-11-23(12-15)10-13-4-6-14(7-5-13)18-21-17(26-22-18)9-16-3-1-2-8-20-16/h1-8,15H,9-12H2,(H,24,25). The SMILES string of the molecule is O=C(O)C1CN(Cc2ccc(-c3noc(Cc4ccccn4)n3)cc2)C1. The first kappa shape index (κ1) is 16.4. The molecule has 0 radical (unpaired) electrons. The maximum Gasteiger partial charge on any atom is 0.309 e. The maximum atomic E-state index is 10.8. The molecule has 1 fully saturated rings. The van der Waals surface area contributed by atoms with Gasteiger partial charge in [-0.25, -0.2) is 0 Å². The minimum atomic E-state index is -0.713. The molecule has 1 aliphatic heterocycles. The molecule has 1 N–H and O–H groups in total. The predicted octanol–water partition coefficient (Wildman–Crippen LogP) is 2.24. The van der Waals surface area contributed by atoms with Crippen molar-refractivity contribution in [2.75, 3.05) is 13.1 Å². The number of carboxylic acids is 1. The number of hydrogen-bond acceptors (Lipinski definition) is 6. The van der Waals surface area contributed by atoms with Gasteiger partial charge in [0, 0.05) is 37.1 Å². The largest absolute Gasteiger partial charge is 0.481 e. The highest BCUT2D eigenvalue weighted by Crippen LogP contribution is 2.21. The lowest BCUT2D eigenvalue weighted by atomic mass is 9.99. The zero-order chi connectivity index (χ0) is 17.9. The Hall–Kier alpha value is -3.06. The van der Waals surface area contributed by atoms with Gasteiger partial charge in [-0.15, -0.1) is 0 Å². The lowest BCUT2D eigenvalue weighted by molar-refractivity contribution is -0.147. The Bertz CT molecular complexity index is 887. The fourth-order valence-electron chi connectivity index (χ4n) is 2.97. The third-order valence-electron chi connectivity index (χ3n) is 4.45. The average Bonchev–Trinajstić information content (AvgIpc) is 3.07. The lowest BCUT2D eigenvalue weighted by Crippen LogP contribution is -2.49. The van der Waals surface area contributed by atoms with E-state index in [9.17, 15) is 4.79 Å². The number of aromatic nitrogens is 3. The topological polar surface area (TPSA) is 92.3 Å². The number of benzene rings is 1. The van der Waals surface area contributed by atoms with Crippen LogP contribution in [0.3, 0.4) is 0 Å². The third kappa shape index (κ3) is 3.62. The fraction of sp³-hybridized carbons (Fsp3) is 0.263. The molecule has 0 unspecified atom stereocenters. The van der Waals surface area contributed by atoms with E-state index in [1.807, 2.05) is 42.5 Å². The van der Waals surface area contributed by atoms with Crippen molar-refractivity contribution >= 4 is 5.97 Å². The Morgan fingerprint density at radius 2 is 2.00 bits per heavy atom. The second-order valence-electron chi connectivity index (χ2n) is 6.44. The summed E-state index contributed by atoms with van der Waals surface area (Å²) in [5.74, 6) is 0.141. The Kier molecular flexibility index (Phi) is 4.45. The van der Waals surface area contributed by atoms with E-state index in [1.165, 1.54) is 0 Å². The molecule has 3 aromatic rings. The minimum Gasteiger partial charge on any atom is -0.481 e. The molecule has 7 nitrogen and oxygen atoms in total. The number of aliphatic carboxylic acids is 1. The summed E-state index contributed by atoms with van der Waals surface area (Å²) in [7, 11) is 0. The molecular weight excluding hydrogens is 332 g/mol. The Morgan fingerprint density at radius 3 is 2.69 bits per heavy atom. The summed E-state index contributed by atoms with van der Waals surface area (Å²) < 4.78 is 5.31. The second kappa shape index (κ2) is 7.05. The van der Waals surface area contributed by atoms with Gasteiger partial charge >= 0.3 is 5.97 Å². The number of rotatable bonds is 6. The van der Waals surface area contributed by atoms with Gasteiger partial charge in [0.05, 0.1) is 12.3 Å². The normalized spacial score (nSPS) is 14.9. The van der Waals surface area contributed by atoms with E-state index in [1.54, 1.807) is 6.20 Å². The van der Waals surface area contributed by atoms with Crippen LogP contribution in [0.1, 0.15) is 17.1 Å². The van der Waals surface area contributed by atoms with Crippen molar-refractivity contribution in [2.24, 2.45) is 5.92 Å². The average molecular weight is 350 g/mol. The molecule has 0 spiro atoms. The van der Waals surface area contributed by atoms with E-state index >= 15 is 0 Å². The van der Waals surface area contributed by atoms with Gasteiger partial charge in [-0.2, -0.15) is 4.98 Å². The molecule has 1 aromatic carbocycles. The molecule has 0 amide bonds. The van der Waals surface area contributed by atoms with Gasteiger partial charge in [0.2, 0.25) is 11.7 Å². The molecule has 0 saturated carbocycles. The highest BCUT2D eigenvalue weighted by atomic mass is 16.5. The fourth-order valence-corrected chi connectivity index (χ4v) is 2.97. The summed E-state index contributed by atoms with van der Waals surface area (Å²) in [4.78, 5) is 21.6. The van der Waals surface area contributed by atoms with Crippen LogP contribution in [0.25, 0.3) is 11.4 Å². The van der Waals surface area contributed by atoms with E-state index in [0.717, 1.165) is 23.4 Å². The van der Waals surface area contributed by atoms with Crippen LogP contribution in [0.5, 0.6) is 0 Å². The molecule has 132 valence electrons. The van der Waals surface area contributed by atoms with E-state index in [2.05, 4.69) is 20.0 Å². The molecule has 1 aliphatic rings. The number of carboxylic acid groups (broad SMARTS) is 1. The number of pyridine rings is 1. The van der Waals surface area contributed by atoms with Crippen molar-refractivity contribution < 1.29 is 14.4 Å². The Balaban J connectivity index is 1.37. The Morgan fingerprint density at radius 1 is 1.19 bits per heavy atom. The van der Waals surface area contributed by atoms with Crippen molar-refractivity contribution in [3.05, 3.63) is 65.8 Å². The molecule has 2 aromatic heterocycles. The van der Waals surface area contributed by atoms with Crippen LogP contribution >= 0.6 is 0 Å². The summed E-state index contributed by atoms with van der Waals surface area (Å²) in [6.07, 6.45) is 2.24. The van der Waals surface area contributed by atoms with Crippen molar-refractivity contribution in [3.63, 3.8) is 0 Å². The summed E-state index contributed by atoms with van der Waals surface area (Å²) in [5.41, 5.74) is 2.90. The van der Waals surface area contributed by atoms with Gasteiger partial charge in [-0.3, -0.25) is 14.7 Å². The van der Waals surface area contributed by atoms with Crippen LogP contribution in [0.4, 0.5) is 0 Å². The van der Waals surface area contributed by atoms with E-state index in [0.29, 0.717) is 31.2 Å². The number of hydrogen-bond donors (Lipinski definition) is 1. The smallest absolute Gasteiger partial charge is 0.309 e. The first-order valence-corrected chi connectivity index (χ1v) is 8.44. The quantitative estimate of drug-likeness (QED) is 0.729. The highest BCUT2D eigenvalue weighted by Gasteiger charge is 2.32. The molecular formula is C19H18N4O3. The van der Waals surface area contributed by atoms with Crippen LogP contribution in [0.15, 0.2) is 53.2 Å². The van der Waals surface area contributed by atoms with E-state index < -0.39 is 5.97 Å². The molecule has 0 atom stereocenters. The van der Waals surface area contributed by atoms with Gasteiger partial charge in [0.25, 0.3) is 0 Å². The van der Waals surface area contributed by atoms with Gasteiger partial charge in [-0.1, -0.05) is 35.5 Å². The predicted molar refractivity (Wildman–Crippen MR) is 93.2 cm³/mol. The van der Waals surface area contributed by atoms with Gasteiger partial charge in [0.1, 0.15) is 0 Å². The summed E-state index contributed by atoms with van der Waals surface area (Å²) in [6.45, 7) is 1.97. The van der Waals surface area contributed by atoms with Gasteiger partial charge in [-0.05, 0) is 17.7 Å².